The minimum absolute atomic E-state index is 0.243. The summed E-state index contributed by atoms with van der Waals surface area (Å²) in [5, 5.41) is 0.326. The predicted molar refractivity (Wildman–Crippen MR) is 115 cm³/mol. The van der Waals surface area contributed by atoms with Crippen LogP contribution in [0, 0.1) is 6.92 Å². The molecule has 0 bridgehead atoms. The van der Waals surface area contributed by atoms with Crippen LogP contribution in [0.4, 0.5) is 26.7 Å². The van der Waals surface area contributed by atoms with E-state index in [9.17, 15) is 35.2 Å². The molecule has 0 unspecified atom stereocenters. The van der Waals surface area contributed by atoms with E-state index in [0.717, 1.165) is 17.7 Å². The van der Waals surface area contributed by atoms with Gasteiger partial charge < -0.3 is 4.74 Å². The van der Waals surface area contributed by atoms with Crippen molar-refractivity contribution in [1.29, 1.82) is 0 Å². The Bertz CT molecular complexity index is 1150. The van der Waals surface area contributed by atoms with Gasteiger partial charge in [0, 0.05) is 5.57 Å². The zero-order chi connectivity index (χ0) is 25.9. The fourth-order valence-electron chi connectivity index (χ4n) is 2.64. The second kappa shape index (κ2) is 10.1. The lowest BCUT2D eigenvalue weighted by molar-refractivity contribution is -0.137. The van der Waals surface area contributed by atoms with Crippen LogP contribution >= 0.6 is 0 Å². The maximum absolute atomic E-state index is 13.8. The number of carbonyl (C=O) groups excluding carboxylic acids is 1. The van der Waals surface area contributed by atoms with Crippen molar-refractivity contribution in [3.05, 3.63) is 71.3 Å². The summed E-state index contributed by atoms with van der Waals surface area (Å²) < 4.78 is 96.7. The number of sulfonamides is 1. The van der Waals surface area contributed by atoms with E-state index >= 15 is 0 Å². The molecular formula is C22H23F5N2O4S. The van der Waals surface area contributed by atoms with Crippen molar-refractivity contribution in [1.82, 2.24) is 9.84 Å². The fourth-order valence-corrected chi connectivity index (χ4v) is 3.67. The second-order valence-electron chi connectivity index (χ2n) is 8.29. The first-order valence-electron chi connectivity index (χ1n) is 9.81. The van der Waals surface area contributed by atoms with Crippen LogP contribution in [0.3, 0.4) is 0 Å². The lowest BCUT2D eigenvalue weighted by atomic mass is 10.0. The number of nitrogens with zero attached hydrogens (tertiary/aromatic N) is 1. The zero-order valence-electron chi connectivity index (χ0n) is 18.7. The van der Waals surface area contributed by atoms with E-state index in [0.29, 0.717) is 17.1 Å². The van der Waals surface area contributed by atoms with Crippen molar-refractivity contribution in [2.45, 2.75) is 44.4 Å². The highest BCUT2D eigenvalue weighted by atomic mass is 32.2. The molecule has 0 radical (unpaired) electrons. The average Bonchev–Trinajstić information content (AvgIpc) is 2.69. The molecule has 12 heteroatoms. The highest BCUT2D eigenvalue weighted by Crippen LogP contribution is 2.31. The number of benzene rings is 2. The Labute approximate surface area is 194 Å². The Balaban J connectivity index is 2.44. The zero-order valence-corrected chi connectivity index (χ0v) is 19.5. The molecule has 186 valence electrons. The third-order valence-electron chi connectivity index (χ3n) is 4.28. The van der Waals surface area contributed by atoms with Gasteiger partial charge in [-0.2, -0.15) is 22.0 Å². The van der Waals surface area contributed by atoms with E-state index in [4.69, 9.17) is 4.74 Å². The van der Waals surface area contributed by atoms with Gasteiger partial charge in [-0.1, -0.05) is 29.8 Å². The van der Waals surface area contributed by atoms with Crippen molar-refractivity contribution in [2.24, 2.45) is 0 Å². The first-order valence-corrected chi connectivity index (χ1v) is 11.3. The highest BCUT2D eigenvalue weighted by molar-refractivity contribution is 7.89. The molecule has 0 aliphatic carbocycles. The molecule has 0 saturated carbocycles. The minimum atomic E-state index is -4.68. The van der Waals surface area contributed by atoms with Crippen LogP contribution in [0.25, 0.3) is 5.57 Å². The number of aryl methyl sites for hydroxylation is 1. The number of nitrogens with one attached hydrogen (secondary N) is 1. The number of halogens is 5. The van der Waals surface area contributed by atoms with Gasteiger partial charge in [0.15, 0.2) is 0 Å². The van der Waals surface area contributed by atoms with E-state index in [2.05, 4.69) is 0 Å². The summed E-state index contributed by atoms with van der Waals surface area (Å²) in [6.07, 6.45) is -8.28. The maximum atomic E-state index is 13.8. The van der Waals surface area contributed by atoms with Gasteiger partial charge in [0.2, 0.25) is 0 Å². The van der Waals surface area contributed by atoms with Gasteiger partial charge in [-0.15, -0.1) is 4.83 Å². The van der Waals surface area contributed by atoms with Crippen LogP contribution < -0.4 is 4.83 Å². The molecule has 0 fully saturated rings. The maximum Gasteiger partial charge on any atom is 0.425 e. The van der Waals surface area contributed by atoms with Gasteiger partial charge in [-0.25, -0.2) is 18.2 Å². The summed E-state index contributed by atoms with van der Waals surface area (Å²) in [5.74, 6) is 0. The number of hydrogen-bond donors (Lipinski definition) is 1. The Hall–Kier alpha value is -2.99. The van der Waals surface area contributed by atoms with Gasteiger partial charge in [0.05, 0.1) is 17.0 Å². The van der Waals surface area contributed by atoms with Gasteiger partial charge in [0.25, 0.3) is 16.1 Å². The van der Waals surface area contributed by atoms with Gasteiger partial charge in [-0.05, 0) is 57.5 Å². The number of ether oxygens (including phenoxy) is 1. The number of carbonyl (C=O) groups is 1. The summed E-state index contributed by atoms with van der Waals surface area (Å²) in [5.41, 5.74) is -2.60. The van der Waals surface area contributed by atoms with Gasteiger partial charge in [-0.3, -0.25) is 0 Å². The van der Waals surface area contributed by atoms with Crippen molar-refractivity contribution >= 4 is 21.7 Å². The van der Waals surface area contributed by atoms with Crippen molar-refractivity contribution in [2.75, 3.05) is 6.54 Å². The molecule has 0 aliphatic rings. The van der Waals surface area contributed by atoms with Crippen LogP contribution in [0.15, 0.2) is 59.5 Å². The van der Waals surface area contributed by atoms with Crippen LogP contribution in [0.2, 0.25) is 0 Å². The molecule has 2 rings (SSSR count). The molecule has 0 atom stereocenters. The predicted octanol–water partition coefficient (Wildman–Crippen LogP) is 5.75. The standard InChI is InChI=1S/C22H23F5N2O4S/c1-14-5-11-17(12-6-14)34(31,32)28-29(20(30)33-21(2,3)4)13-18(19(23)24)15-7-9-16(10-8-15)22(25,26)27/h5-12,28H,13H2,1-4H3. The number of rotatable bonds is 6. The van der Waals surface area contributed by atoms with Crippen LogP contribution in [-0.2, 0) is 20.9 Å². The molecule has 2 aromatic rings. The van der Waals surface area contributed by atoms with Crippen molar-refractivity contribution < 1.29 is 39.9 Å². The van der Waals surface area contributed by atoms with Crippen molar-refractivity contribution in [3.8, 4) is 0 Å². The Morgan fingerprint density at radius 2 is 1.50 bits per heavy atom. The molecule has 0 heterocycles. The lowest BCUT2D eigenvalue weighted by Gasteiger charge is -2.28. The van der Waals surface area contributed by atoms with Crippen molar-refractivity contribution in [3.63, 3.8) is 0 Å². The summed E-state index contributed by atoms with van der Waals surface area (Å²) in [6, 6.07) is 8.33. The van der Waals surface area contributed by atoms with E-state index in [-0.39, 0.29) is 10.5 Å². The topological polar surface area (TPSA) is 75.7 Å². The quantitative estimate of drug-likeness (QED) is 0.400. The molecule has 1 N–H and O–H groups in total. The molecule has 0 aromatic heterocycles. The first kappa shape index (κ1) is 27.3. The normalized spacial score (nSPS) is 12.3. The molecule has 0 spiro atoms. The molecule has 1 amide bonds. The Kier molecular flexibility index (Phi) is 8.10. The van der Waals surface area contributed by atoms with E-state index < -0.39 is 51.7 Å². The van der Waals surface area contributed by atoms with Crippen LogP contribution in [0.1, 0.15) is 37.5 Å². The van der Waals surface area contributed by atoms with E-state index in [1.54, 1.807) is 6.92 Å². The second-order valence-corrected chi connectivity index (χ2v) is 9.95. The summed E-state index contributed by atoms with van der Waals surface area (Å²) in [4.78, 5) is 14.3. The Morgan fingerprint density at radius 1 is 0.971 bits per heavy atom. The third-order valence-corrected chi connectivity index (χ3v) is 5.63. The first-order chi connectivity index (χ1) is 15.5. The largest absolute Gasteiger partial charge is 0.443 e. The van der Waals surface area contributed by atoms with Crippen LogP contribution in [0.5, 0.6) is 0 Å². The molecule has 34 heavy (non-hydrogen) atoms. The van der Waals surface area contributed by atoms with Gasteiger partial charge >= 0.3 is 12.3 Å². The van der Waals surface area contributed by atoms with Gasteiger partial charge in [0.1, 0.15) is 5.60 Å². The molecule has 6 nitrogen and oxygen atoms in total. The molecule has 0 aliphatic heterocycles. The smallest absolute Gasteiger partial charge is 0.425 e. The molecule has 0 saturated heterocycles. The number of hydrazine groups is 1. The molecule has 2 aromatic carbocycles. The monoisotopic (exact) mass is 506 g/mol. The SMILES string of the molecule is Cc1ccc(S(=O)(=O)NN(CC(=C(F)F)c2ccc(C(F)(F)F)cc2)C(=O)OC(C)(C)C)cc1. The fraction of sp³-hybridized carbons (Fsp3) is 0.318. The third kappa shape index (κ3) is 7.52. The number of amides is 1. The Morgan fingerprint density at radius 3 is 1.94 bits per heavy atom. The summed E-state index contributed by atoms with van der Waals surface area (Å²) >= 11 is 0. The van der Waals surface area contributed by atoms with E-state index in [1.807, 2.05) is 4.83 Å². The summed E-state index contributed by atoms with van der Waals surface area (Å²) in [7, 11) is -4.40. The molecular weight excluding hydrogens is 483 g/mol. The number of alkyl halides is 3. The average molecular weight is 506 g/mol. The van der Waals surface area contributed by atoms with E-state index in [1.165, 1.54) is 45.0 Å². The number of hydrogen-bond acceptors (Lipinski definition) is 4. The minimum Gasteiger partial charge on any atom is -0.443 e. The lowest BCUT2D eigenvalue weighted by Crippen LogP contribution is -2.48. The summed E-state index contributed by atoms with van der Waals surface area (Å²) in [6.45, 7) is 5.16. The van der Waals surface area contributed by atoms with Crippen LogP contribution in [-0.4, -0.2) is 31.7 Å². The highest BCUT2D eigenvalue weighted by Gasteiger charge is 2.32.